The Labute approximate surface area is 74.1 Å². The van der Waals surface area contributed by atoms with E-state index in [2.05, 4.69) is 15.1 Å². The number of pyridine rings is 1. The summed E-state index contributed by atoms with van der Waals surface area (Å²) in [4.78, 5) is 18.3. The average Bonchev–Trinajstić information content (AvgIpc) is 2.70. The molecule has 2 aromatic rings. The van der Waals surface area contributed by atoms with Crippen molar-refractivity contribution in [2.24, 2.45) is 0 Å². The van der Waals surface area contributed by atoms with E-state index in [0.717, 1.165) is 6.29 Å². The molecular weight excluding hydrogens is 168 g/mol. The molecule has 0 aromatic carbocycles. The quantitative estimate of drug-likeness (QED) is 0.621. The lowest BCUT2D eigenvalue weighted by Crippen LogP contribution is -1.99. The summed E-state index contributed by atoms with van der Waals surface area (Å²) in [5.41, 5.74) is 1.18. The topological polar surface area (TPSA) is 60.7 Å². The third kappa shape index (κ3) is 1.31. The largest absolute Gasteiger partial charge is 0.298 e. The highest BCUT2D eigenvalue weighted by molar-refractivity contribution is 5.80. The molecule has 0 fully saturated rings. The first-order chi connectivity index (χ1) is 6.42. The second-order valence-electron chi connectivity index (χ2n) is 2.39. The van der Waals surface area contributed by atoms with Gasteiger partial charge in [0.05, 0.1) is 11.9 Å². The Kier molecular flexibility index (Phi) is 1.84. The van der Waals surface area contributed by atoms with Gasteiger partial charge < -0.3 is 0 Å². The van der Waals surface area contributed by atoms with Crippen molar-refractivity contribution >= 4 is 6.29 Å². The maximum atomic E-state index is 10.6. The molecule has 0 saturated carbocycles. The van der Waals surface area contributed by atoms with E-state index < -0.39 is 0 Å². The molecule has 64 valence electrons. The SMILES string of the molecule is O=Cc1ccncc1-n1cncn1. The minimum Gasteiger partial charge on any atom is -0.298 e. The predicted molar refractivity (Wildman–Crippen MR) is 44.5 cm³/mol. The first kappa shape index (κ1) is 7.60. The van der Waals surface area contributed by atoms with Crippen molar-refractivity contribution in [3.05, 3.63) is 36.7 Å². The van der Waals surface area contributed by atoms with Crippen LogP contribution in [0, 0.1) is 0 Å². The lowest BCUT2D eigenvalue weighted by atomic mass is 10.2. The number of aromatic nitrogens is 4. The molecule has 0 amide bonds. The fourth-order valence-corrected chi connectivity index (χ4v) is 1.02. The molecule has 0 aliphatic carbocycles. The van der Waals surface area contributed by atoms with E-state index in [1.54, 1.807) is 18.5 Å². The Hall–Kier alpha value is -2.04. The highest BCUT2D eigenvalue weighted by atomic mass is 16.1. The summed E-state index contributed by atoms with van der Waals surface area (Å²) in [5.74, 6) is 0. The highest BCUT2D eigenvalue weighted by Crippen LogP contribution is 2.07. The fraction of sp³-hybridized carbons (Fsp3) is 0. The molecule has 0 saturated heterocycles. The Bertz CT molecular complexity index is 410. The molecule has 13 heavy (non-hydrogen) atoms. The Balaban J connectivity index is 2.57. The summed E-state index contributed by atoms with van der Waals surface area (Å²) in [6, 6.07) is 1.63. The summed E-state index contributed by atoms with van der Waals surface area (Å²) in [5, 5.41) is 3.90. The summed E-state index contributed by atoms with van der Waals surface area (Å²) in [7, 11) is 0. The van der Waals surface area contributed by atoms with Gasteiger partial charge in [0.15, 0.2) is 6.29 Å². The van der Waals surface area contributed by atoms with E-state index in [0.29, 0.717) is 11.3 Å². The van der Waals surface area contributed by atoms with Crippen LogP contribution < -0.4 is 0 Å². The average molecular weight is 174 g/mol. The van der Waals surface area contributed by atoms with Gasteiger partial charge in [0.2, 0.25) is 0 Å². The molecule has 0 atom stereocenters. The van der Waals surface area contributed by atoms with Crippen LogP contribution in [0.4, 0.5) is 0 Å². The van der Waals surface area contributed by atoms with Crippen LogP contribution in [0.5, 0.6) is 0 Å². The van der Waals surface area contributed by atoms with Gasteiger partial charge in [0.1, 0.15) is 12.7 Å². The molecule has 0 N–H and O–H groups in total. The molecule has 0 unspecified atom stereocenters. The van der Waals surface area contributed by atoms with Crippen LogP contribution in [0.25, 0.3) is 5.69 Å². The molecule has 0 bridgehead atoms. The van der Waals surface area contributed by atoms with E-state index in [9.17, 15) is 4.79 Å². The monoisotopic (exact) mass is 174 g/mol. The molecule has 0 spiro atoms. The van der Waals surface area contributed by atoms with E-state index in [1.165, 1.54) is 17.3 Å². The smallest absolute Gasteiger partial charge is 0.152 e. The number of carbonyl (C=O) groups excluding carboxylic acids is 1. The second-order valence-corrected chi connectivity index (χ2v) is 2.39. The number of hydrogen-bond acceptors (Lipinski definition) is 4. The summed E-state index contributed by atoms with van der Waals surface area (Å²) in [6.07, 6.45) is 6.81. The van der Waals surface area contributed by atoms with E-state index in [4.69, 9.17) is 0 Å². The van der Waals surface area contributed by atoms with E-state index >= 15 is 0 Å². The van der Waals surface area contributed by atoms with Crippen LogP contribution in [0.3, 0.4) is 0 Å². The maximum absolute atomic E-state index is 10.6. The summed E-state index contributed by atoms with van der Waals surface area (Å²) in [6.45, 7) is 0. The fourth-order valence-electron chi connectivity index (χ4n) is 1.02. The lowest BCUT2D eigenvalue weighted by Gasteiger charge is -2.00. The summed E-state index contributed by atoms with van der Waals surface area (Å²) < 4.78 is 1.50. The van der Waals surface area contributed by atoms with Gasteiger partial charge in [-0.05, 0) is 6.07 Å². The van der Waals surface area contributed by atoms with Gasteiger partial charge in [-0.2, -0.15) is 5.10 Å². The van der Waals surface area contributed by atoms with Gasteiger partial charge in [-0.25, -0.2) is 9.67 Å². The van der Waals surface area contributed by atoms with Crippen LogP contribution in [-0.4, -0.2) is 26.0 Å². The van der Waals surface area contributed by atoms with Gasteiger partial charge in [-0.3, -0.25) is 9.78 Å². The first-order valence-corrected chi connectivity index (χ1v) is 3.66. The molecule has 5 heteroatoms. The zero-order valence-electron chi connectivity index (χ0n) is 6.66. The zero-order chi connectivity index (χ0) is 9.10. The van der Waals surface area contributed by atoms with Crippen LogP contribution >= 0.6 is 0 Å². The molecule has 0 radical (unpaired) electrons. The molecule has 2 heterocycles. The van der Waals surface area contributed by atoms with Crippen molar-refractivity contribution in [2.75, 3.05) is 0 Å². The van der Waals surface area contributed by atoms with Gasteiger partial charge in [0, 0.05) is 11.8 Å². The molecule has 2 rings (SSSR count). The van der Waals surface area contributed by atoms with Crippen molar-refractivity contribution in [3.8, 4) is 5.69 Å². The van der Waals surface area contributed by atoms with Crippen molar-refractivity contribution in [3.63, 3.8) is 0 Å². The van der Waals surface area contributed by atoms with E-state index in [-0.39, 0.29) is 0 Å². The van der Waals surface area contributed by atoms with Crippen LogP contribution in [0.15, 0.2) is 31.1 Å². The van der Waals surface area contributed by atoms with Gasteiger partial charge >= 0.3 is 0 Å². The van der Waals surface area contributed by atoms with Crippen LogP contribution in [0.1, 0.15) is 10.4 Å². The Morgan fingerprint density at radius 2 is 2.31 bits per heavy atom. The van der Waals surface area contributed by atoms with Crippen molar-refractivity contribution < 1.29 is 4.79 Å². The van der Waals surface area contributed by atoms with Crippen LogP contribution in [-0.2, 0) is 0 Å². The molecular formula is C8H6N4O. The molecule has 2 aromatic heterocycles. The third-order valence-corrected chi connectivity index (χ3v) is 1.63. The van der Waals surface area contributed by atoms with Crippen LogP contribution in [0.2, 0.25) is 0 Å². The molecule has 5 nitrogen and oxygen atoms in total. The van der Waals surface area contributed by atoms with Crippen molar-refractivity contribution in [1.82, 2.24) is 19.7 Å². The minimum absolute atomic E-state index is 0.542. The Morgan fingerprint density at radius 3 is 3.00 bits per heavy atom. The predicted octanol–water partition coefficient (Wildman–Crippen LogP) is 0.475. The van der Waals surface area contributed by atoms with Gasteiger partial charge in [-0.15, -0.1) is 0 Å². The number of rotatable bonds is 2. The second kappa shape index (κ2) is 3.14. The summed E-state index contributed by atoms with van der Waals surface area (Å²) >= 11 is 0. The molecule has 0 aliphatic rings. The standard InChI is InChI=1S/C8H6N4O/c13-4-7-1-2-9-3-8(7)12-6-10-5-11-12/h1-6H. The number of hydrogen-bond donors (Lipinski definition) is 0. The number of nitrogens with zero attached hydrogens (tertiary/aromatic N) is 4. The first-order valence-electron chi connectivity index (χ1n) is 3.66. The highest BCUT2D eigenvalue weighted by Gasteiger charge is 2.02. The third-order valence-electron chi connectivity index (χ3n) is 1.63. The van der Waals surface area contributed by atoms with Crippen molar-refractivity contribution in [1.29, 1.82) is 0 Å². The van der Waals surface area contributed by atoms with Gasteiger partial charge in [-0.1, -0.05) is 0 Å². The van der Waals surface area contributed by atoms with Crippen molar-refractivity contribution in [2.45, 2.75) is 0 Å². The normalized spacial score (nSPS) is 9.85. The maximum Gasteiger partial charge on any atom is 0.152 e. The Morgan fingerprint density at radius 1 is 1.38 bits per heavy atom. The minimum atomic E-state index is 0.542. The van der Waals surface area contributed by atoms with E-state index in [1.807, 2.05) is 0 Å². The zero-order valence-corrected chi connectivity index (χ0v) is 6.66. The number of aldehydes is 1. The van der Waals surface area contributed by atoms with Gasteiger partial charge in [0.25, 0.3) is 0 Å². The lowest BCUT2D eigenvalue weighted by molar-refractivity contribution is 0.112. The molecule has 0 aliphatic heterocycles. The number of carbonyl (C=O) groups is 1.